The van der Waals surface area contributed by atoms with Crippen LogP contribution in [0.3, 0.4) is 0 Å². The molecular formula is C16H24N2O4S. The lowest BCUT2D eigenvalue weighted by molar-refractivity contribution is -0.131. The van der Waals surface area contributed by atoms with E-state index in [1.54, 1.807) is 19.1 Å². The van der Waals surface area contributed by atoms with E-state index in [9.17, 15) is 13.2 Å². The number of carbonyl (C=O) groups is 1. The van der Waals surface area contributed by atoms with Crippen molar-refractivity contribution in [2.24, 2.45) is 0 Å². The standard InChI is InChI=1S/C16H24N2O4S/c1-17(14-8-9-23(20,21)12-14)11-16(19)18(2)10-13-4-6-15(22-3)7-5-13/h4-7,14H,8-12H2,1-3H3. The molecule has 0 N–H and O–H groups in total. The van der Waals surface area contributed by atoms with Crippen LogP contribution in [0.5, 0.6) is 5.75 Å². The van der Waals surface area contributed by atoms with E-state index in [4.69, 9.17) is 4.74 Å². The number of sulfone groups is 1. The minimum absolute atomic E-state index is 0.0207. The molecule has 0 bridgehead atoms. The Labute approximate surface area is 137 Å². The Balaban J connectivity index is 1.86. The number of nitrogens with zero attached hydrogens (tertiary/aromatic N) is 2. The van der Waals surface area contributed by atoms with Gasteiger partial charge in [0, 0.05) is 19.6 Å². The van der Waals surface area contributed by atoms with Gasteiger partial charge in [0.1, 0.15) is 5.75 Å². The van der Waals surface area contributed by atoms with Gasteiger partial charge in [-0.15, -0.1) is 0 Å². The Morgan fingerprint density at radius 1 is 1.26 bits per heavy atom. The molecule has 0 spiro atoms. The van der Waals surface area contributed by atoms with E-state index in [0.29, 0.717) is 13.0 Å². The summed E-state index contributed by atoms with van der Waals surface area (Å²) < 4.78 is 28.2. The highest BCUT2D eigenvalue weighted by molar-refractivity contribution is 7.91. The van der Waals surface area contributed by atoms with Crippen molar-refractivity contribution in [3.8, 4) is 5.75 Å². The van der Waals surface area contributed by atoms with Gasteiger partial charge in [-0.25, -0.2) is 8.42 Å². The first-order valence-electron chi connectivity index (χ1n) is 7.58. The maximum atomic E-state index is 12.3. The van der Waals surface area contributed by atoms with Crippen LogP contribution >= 0.6 is 0 Å². The number of methoxy groups -OCH3 is 1. The molecule has 2 rings (SSSR count). The molecule has 0 aromatic heterocycles. The predicted molar refractivity (Wildman–Crippen MR) is 89.2 cm³/mol. The second kappa shape index (κ2) is 7.31. The minimum Gasteiger partial charge on any atom is -0.497 e. The van der Waals surface area contributed by atoms with Gasteiger partial charge in [0.2, 0.25) is 5.91 Å². The van der Waals surface area contributed by atoms with Crippen LogP contribution in [-0.4, -0.2) is 69.4 Å². The average molecular weight is 340 g/mol. The normalized spacial score (nSPS) is 19.7. The lowest BCUT2D eigenvalue weighted by Crippen LogP contribution is -2.41. The first-order chi connectivity index (χ1) is 10.8. The van der Waals surface area contributed by atoms with Gasteiger partial charge in [-0.3, -0.25) is 9.69 Å². The van der Waals surface area contributed by atoms with Crippen molar-refractivity contribution >= 4 is 15.7 Å². The fourth-order valence-electron chi connectivity index (χ4n) is 2.68. The maximum absolute atomic E-state index is 12.3. The summed E-state index contributed by atoms with van der Waals surface area (Å²) in [5.74, 6) is 1.13. The Hall–Kier alpha value is -1.60. The zero-order chi connectivity index (χ0) is 17.0. The third-order valence-corrected chi connectivity index (χ3v) is 5.97. The van der Waals surface area contributed by atoms with E-state index in [2.05, 4.69) is 0 Å². The molecule has 1 unspecified atom stereocenters. The first kappa shape index (κ1) is 17.7. The summed E-state index contributed by atoms with van der Waals surface area (Å²) in [5.41, 5.74) is 1.02. The molecule has 128 valence electrons. The molecule has 1 aliphatic heterocycles. The Morgan fingerprint density at radius 3 is 2.43 bits per heavy atom. The van der Waals surface area contributed by atoms with Crippen molar-refractivity contribution in [1.29, 1.82) is 0 Å². The van der Waals surface area contributed by atoms with Gasteiger partial charge in [-0.1, -0.05) is 12.1 Å². The summed E-state index contributed by atoms with van der Waals surface area (Å²) in [4.78, 5) is 15.8. The fourth-order valence-corrected chi connectivity index (χ4v) is 4.48. The molecule has 6 nitrogen and oxygen atoms in total. The van der Waals surface area contributed by atoms with Crippen LogP contribution in [-0.2, 0) is 21.2 Å². The van der Waals surface area contributed by atoms with Crippen molar-refractivity contribution in [1.82, 2.24) is 9.80 Å². The van der Waals surface area contributed by atoms with Gasteiger partial charge in [-0.2, -0.15) is 0 Å². The smallest absolute Gasteiger partial charge is 0.236 e. The number of ether oxygens (including phenoxy) is 1. The SMILES string of the molecule is COc1ccc(CN(C)C(=O)CN(C)C2CCS(=O)(=O)C2)cc1. The minimum atomic E-state index is -2.93. The molecule has 1 fully saturated rings. The largest absolute Gasteiger partial charge is 0.497 e. The van der Waals surface area contributed by atoms with Crippen molar-refractivity contribution < 1.29 is 17.9 Å². The van der Waals surface area contributed by atoms with E-state index in [1.165, 1.54) is 0 Å². The van der Waals surface area contributed by atoms with Gasteiger partial charge in [0.25, 0.3) is 0 Å². The summed E-state index contributed by atoms with van der Waals surface area (Å²) in [5, 5.41) is 0. The van der Waals surface area contributed by atoms with E-state index in [0.717, 1.165) is 11.3 Å². The van der Waals surface area contributed by atoms with Gasteiger partial charge in [0.05, 0.1) is 25.2 Å². The zero-order valence-electron chi connectivity index (χ0n) is 13.9. The number of hydrogen-bond acceptors (Lipinski definition) is 5. The van der Waals surface area contributed by atoms with Crippen molar-refractivity contribution in [2.45, 2.75) is 19.0 Å². The van der Waals surface area contributed by atoms with Crippen molar-refractivity contribution in [3.63, 3.8) is 0 Å². The molecule has 1 aromatic carbocycles. The number of carbonyl (C=O) groups excluding carboxylic acids is 1. The monoisotopic (exact) mass is 340 g/mol. The number of rotatable bonds is 6. The third kappa shape index (κ3) is 4.94. The maximum Gasteiger partial charge on any atom is 0.236 e. The lowest BCUT2D eigenvalue weighted by Gasteiger charge is -2.25. The Morgan fingerprint density at radius 2 is 1.91 bits per heavy atom. The number of amides is 1. The van der Waals surface area contributed by atoms with E-state index in [-0.39, 0.29) is 30.0 Å². The van der Waals surface area contributed by atoms with Crippen LogP contribution < -0.4 is 4.74 Å². The average Bonchev–Trinajstić information content (AvgIpc) is 2.88. The molecule has 0 aliphatic carbocycles. The van der Waals surface area contributed by atoms with Crippen LogP contribution in [0.25, 0.3) is 0 Å². The second-order valence-corrected chi connectivity index (χ2v) is 8.30. The predicted octanol–water partition coefficient (Wildman–Crippen LogP) is 0.773. The number of hydrogen-bond donors (Lipinski definition) is 0. The molecule has 0 radical (unpaired) electrons. The number of benzene rings is 1. The van der Waals surface area contributed by atoms with E-state index in [1.807, 2.05) is 36.2 Å². The summed E-state index contributed by atoms with van der Waals surface area (Å²) in [6.07, 6.45) is 0.605. The molecule has 23 heavy (non-hydrogen) atoms. The zero-order valence-corrected chi connectivity index (χ0v) is 14.7. The topological polar surface area (TPSA) is 66.9 Å². The first-order valence-corrected chi connectivity index (χ1v) is 9.40. The van der Waals surface area contributed by atoms with Crippen molar-refractivity contribution in [2.75, 3.05) is 39.3 Å². The van der Waals surface area contributed by atoms with Gasteiger partial charge < -0.3 is 9.64 Å². The van der Waals surface area contributed by atoms with Gasteiger partial charge in [0.15, 0.2) is 9.84 Å². The third-order valence-electron chi connectivity index (χ3n) is 4.22. The molecule has 1 aromatic rings. The summed E-state index contributed by atoms with van der Waals surface area (Å²) in [6.45, 7) is 0.743. The lowest BCUT2D eigenvalue weighted by atomic mass is 10.2. The van der Waals surface area contributed by atoms with Crippen LogP contribution in [0.1, 0.15) is 12.0 Å². The van der Waals surface area contributed by atoms with Crippen LogP contribution in [0, 0.1) is 0 Å². The molecule has 1 saturated heterocycles. The van der Waals surface area contributed by atoms with Crippen LogP contribution in [0.2, 0.25) is 0 Å². The molecule has 0 saturated carbocycles. The Kier molecular flexibility index (Phi) is 5.64. The highest BCUT2D eigenvalue weighted by Gasteiger charge is 2.31. The molecular weight excluding hydrogens is 316 g/mol. The van der Waals surface area contributed by atoms with Gasteiger partial charge in [-0.05, 0) is 31.2 Å². The summed E-state index contributed by atoms with van der Waals surface area (Å²) >= 11 is 0. The molecule has 1 aliphatic rings. The van der Waals surface area contributed by atoms with Crippen LogP contribution in [0.15, 0.2) is 24.3 Å². The Bertz CT molecular complexity index is 643. The van der Waals surface area contributed by atoms with E-state index >= 15 is 0 Å². The summed E-state index contributed by atoms with van der Waals surface area (Å²) in [6, 6.07) is 7.52. The van der Waals surface area contributed by atoms with E-state index < -0.39 is 9.84 Å². The molecule has 1 amide bonds. The van der Waals surface area contributed by atoms with Crippen molar-refractivity contribution in [3.05, 3.63) is 29.8 Å². The fraction of sp³-hybridized carbons (Fsp3) is 0.562. The highest BCUT2D eigenvalue weighted by Crippen LogP contribution is 2.17. The van der Waals surface area contributed by atoms with Crippen LogP contribution in [0.4, 0.5) is 0 Å². The highest BCUT2D eigenvalue weighted by atomic mass is 32.2. The molecule has 1 atom stereocenters. The number of likely N-dealkylation sites (N-methyl/N-ethyl adjacent to an activating group) is 2. The molecule has 7 heteroatoms. The summed E-state index contributed by atoms with van der Waals surface area (Å²) in [7, 11) is 2.25. The quantitative estimate of drug-likeness (QED) is 0.765. The molecule has 1 heterocycles. The van der Waals surface area contributed by atoms with Gasteiger partial charge >= 0.3 is 0 Å². The second-order valence-electron chi connectivity index (χ2n) is 6.07.